The van der Waals surface area contributed by atoms with Crippen LogP contribution in [0.15, 0.2) is 42.5 Å². The molecule has 0 heterocycles. The van der Waals surface area contributed by atoms with Crippen LogP contribution in [0.2, 0.25) is 10.0 Å². The van der Waals surface area contributed by atoms with Gasteiger partial charge in [0.1, 0.15) is 0 Å². The number of hydrazine groups is 1. The summed E-state index contributed by atoms with van der Waals surface area (Å²) >= 11 is 12.1. The second-order valence-corrected chi connectivity index (χ2v) is 8.55. The fourth-order valence-electron chi connectivity index (χ4n) is 2.64. The predicted octanol–water partition coefficient (Wildman–Crippen LogP) is 5.88. The van der Waals surface area contributed by atoms with E-state index in [2.05, 4.69) is 26.2 Å². The molecule has 0 aliphatic rings. The smallest absolute Gasteiger partial charge is 0.267 e. The van der Waals surface area contributed by atoms with Crippen LogP contribution in [-0.4, -0.2) is 23.4 Å². The van der Waals surface area contributed by atoms with E-state index in [1.54, 1.807) is 24.3 Å². The number of carbonyl (C=O) groups excluding carboxylic acids is 2. The lowest BCUT2D eigenvalue weighted by molar-refractivity contribution is 0.0580. The fourth-order valence-corrected chi connectivity index (χ4v) is 3.13. The molecule has 0 aliphatic heterocycles. The minimum Gasteiger partial charge on any atom is -0.267 e. The van der Waals surface area contributed by atoms with Crippen LogP contribution in [0, 0.1) is 0 Å². The van der Waals surface area contributed by atoms with Gasteiger partial charge < -0.3 is 0 Å². The maximum atomic E-state index is 12.9. The molecular formula is C22H26Cl2N2O2. The topological polar surface area (TPSA) is 49.4 Å². The Bertz CT molecular complexity index is 843. The van der Waals surface area contributed by atoms with Crippen LogP contribution in [-0.2, 0) is 5.41 Å². The molecule has 0 unspecified atom stereocenters. The molecule has 0 aromatic heterocycles. The van der Waals surface area contributed by atoms with Crippen molar-refractivity contribution in [2.45, 2.75) is 46.0 Å². The van der Waals surface area contributed by atoms with E-state index in [0.717, 1.165) is 18.4 Å². The molecule has 0 saturated carbocycles. The Morgan fingerprint density at radius 2 is 1.68 bits per heavy atom. The SMILES string of the molecule is CCCCN(NC(=O)c1ccc(C(C)(C)C)cc1)C(=O)c1ccc(Cl)cc1Cl. The molecule has 2 rings (SSSR count). The maximum absolute atomic E-state index is 12.9. The Kier molecular flexibility index (Phi) is 7.50. The number of halogens is 2. The zero-order chi connectivity index (χ0) is 20.9. The van der Waals surface area contributed by atoms with Crippen LogP contribution in [0.3, 0.4) is 0 Å². The van der Waals surface area contributed by atoms with Crippen molar-refractivity contribution < 1.29 is 9.59 Å². The molecule has 0 aliphatic carbocycles. The van der Waals surface area contributed by atoms with E-state index >= 15 is 0 Å². The van der Waals surface area contributed by atoms with Crippen LogP contribution < -0.4 is 5.43 Å². The third kappa shape index (κ3) is 5.73. The van der Waals surface area contributed by atoms with E-state index in [-0.39, 0.29) is 22.3 Å². The van der Waals surface area contributed by atoms with Crippen molar-refractivity contribution >= 4 is 35.0 Å². The standard InChI is InChI=1S/C22H26Cl2N2O2/c1-5-6-13-26(21(28)18-12-11-17(23)14-19(18)24)25-20(27)15-7-9-16(10-8-15)22(2,3)4/h7-12,14H,5-6,13H2,1-4H3,(H,25,27). The van der Waals surface area contributed by atoms with Crippen LogP contribution in [0.5, 0.6) is 0 Å². The Labute approximate surface area is 176 Å². The highest BCUT2D eigenvalue weighted by Crippen LogP contribution is 2.23. The molecule has 28 heavy (non-hydrogen) atoms. The van der Waals surface area contributed by atoms with E-state index in [0.29, 0.717) is 22.7 Å². The Balaban J connectivity index is 2.21. The van der Waals surface area contributed by atoms with Gasteiger partial charge in [-0.3, -0.25) is 15.0 Å². The molecule has 1 N–H and O–H groups in total. The number of carbonyl (C=O) groups is 2. The van der Waals surface area contributed by atoms with E-state index in [4.69, 9.17) is 23.2 Å². The van der Waals surface area contributed by atoms with E-state index in [1.807, 2.05) is 19.1 Å². The largest absolute Gasteiger partial charge is 0.273 e. The minimum absolute atomic E-state index is 0.00344. The first-order chi connectivity index (χ1) is 13.1. The molecule has 2 amide bonds. The van der Waals surface area contributed by atoms with Gasteiger partial charge in [0.2, 0.25) is 0 Å². The van der Waals surface area contributed by atoms with Gasteiger partial charge in [0.05, 0.1) is 10.6 Å². The molecule has 0 atom stereocenters. The highest BCUT2D eigenvalue weighted by atomic mass is 35.5. The number of hydrogen-bond acceptors (Lipinski definition) is 2. The van der Waals surface area contributed by atoms with Gasteiger partial charge in [0.15, 0.2) is 0 Å². The van der Waals surface area contributed by atoms with Crippen molar-refractivity contribution in [1.29, 1.82) is 0 Å². The highest BCUT2D eigenvalue weighted by molar-refractivity contribution is 6.36. The molecule has 2 aromatic rings. The first kappa shape index (κ1) is 22.3. The van der Waals surface area contributed by atoms with Gasteiger partial charge >= 0.3 is 0 Å². The molecule has 0 fully saturated rings. The molecule has 4 nitrogen and oxygen atoms in total. The van der Waals surface area contributed by atoms with Crippen LogP contribution in [0.25, 0.3) is 0 Å². The number of unbranched alkanes of at least 4 members (excludes halogenated alkanes) is 1. The summed E-state index contributed by atoms with van der Waals surface area (Å²) < 4.78 is 0. The van der Waals surface area contributed by atoms with Crippen molar-refractivity contribution in [3.8, 4) is 0 Å². The molecule has 2 aromatic carbocycles. The summed E-state index contributed by atoms with van der Waals surface area (Å²) in [7, 11) is 0. The predicted molar refractivity (Wildman–Crippen MR) is 115 cm³/mol. The number of benzene rings is 2. The molecule has 150 valence electrons. The molecule has 0 saturated heterocycles. The first-order valence-electron chi connectivity index (χ1n) is 9.32. The summed E-state index contributed by atoms with van der Waals surface area (Å²) in [6.07, 6.45) is 1.63. The van der Waals surface area contributed by atoms with E-state index < -0.39 is 0 Å². The molecule has 0 radical (unpaired) electrons. The van der Waals surface area contributed by atoms with E-state index in [9.17, 15) is 9.59 Å². The number of rotatable bonds is 5. The van der Waals surface area contributed by atoms with Crippen LogP contribution >= 0.6 is 23.2 Å². The summed E-state index contributed by atoms with van der Waals surface area (Å²) in [5.74, 6) is -0.704. The number of hydrogen-bond donors (Lipinski definition) is 1. The van der Waals surface area contributed by atoms with Crippen molar-refractivity contribution in [3.05, 3.63) is 69.2 Å². The van der Waals surface area contributed by atoms with Crippen molar-refractivity contribution in [2.75, 3.05) is 6.54 Å². The van der Waals surface area contributed by atoms with Crippen molar-refractivity contribution in [1.82, 2.24) is 10.4 Å². The molecule has 0 spiro atoms. The summed E-state index contributed by atoms with van der Waals surface area (Å²) in [6, 6.07) is 12.1. The lowest BCUT2D eigenvalue weighted by Crippen LogP contribution is -2.46. The quantitative estimate of drug-likeness (QED) is 0.613. The normalized spacial score (nSPS) is 11.2. The summed E-state index contributed by atoms with van der Waals surface area (Å²) in [5, 5.41) is 2.02. The first-order valence-corrected chi connectivity index (χ1v) is 10.1. The second kappa shape index (κ2) is 9.44. The average molecular weight is 421 g/mol. The van der Waals surface area contributed by atoms with Gasteiger partial charge in [0, 0.05) is 17.1 Å². The summed E-state index contributed by atoms with van der Waals surface area (Å²) in [6.45, 7) is 8.75. The molecular weight excluding hydrogens is 395 g/mol. The zero-order valence-electron chi connectivity index (χ0n) is 16.7. The fraction of sp³-hybridized carbons (Fsp3) is 0.364. The van der Waals surface area contributed by atoms with Crippen molar-refractivity contribution in [3.63, 3.8) is 0 Å². The van der Waals surface area contributed by atoms with Gasteiger partial charge in [-0.05, 0) is 47.7 Å². The number of nitrogens with one attached hydrogen (secondary N) is 1. The second-order valence-electron chi connectivity index (χ2n) is 7.70. The van der Waals surface area contributed by atoms with Gasteiger partial charge in [0.25, 0.3) is 11.8 Å². The monoisotopic (exact) mass is 420 g/mol. The maximum Gasteiger partial charge on any atom is 0.273 e. The Hall–Kier alpha value is -2.04. The third-order valence-corrected chi connectivity index (χ3v) is 4.94. The number of amides is 2. The highest BCUT2D eigenvalue weighted by Gasteiger charge is 2.21. The summed E-state index contributed by atoms with van der Waals surface area (Å²) in [4.78, 5) is 25.6. The van der Waals surface area contributed by atoms with Crippen LogP contribution in [0.1, 0.15) is 66.8 Å². The lowest BCUT2D eigenvalue weighted by Gasteiger charge is -2.24. The third-order valence-electron chi connectivity index (χ3n) is 4.39. The Morgan fingerprint density at radius 1 is 1.04 bits per heavy atom. The van der Waals surface area contributed by atoms with Gasteiger partial charge in [-0.1, -0.05) is 69.5 Å². The molecule has 0 bridgehead atoms. The lowest BCUT2D eigenvalue weighted by atomic mass is 9.87. The Morgan fingerprint density at radius 3 is 2.21 bits per heavy atom. The number of nitrogens with zero attached hydrogens (tertiary/aromatic N) is 1. The van der Waals surface area contributed by atoms with Crippen molar-refractivity contribution in [2.24, 2.45) is 0 Å². The van der Waals surface area contributed by atoms with Gasteiger partial charge in [-0.2, -0.15) is 0 Å². The van der Waals surface area contributed by atoms with E-state index in [1.165, 1.54) is 11.1 Å². The average Bonchev–Trinajstić information content (AvgIpc) is 2.64. The van der Waals surface area contributed by atoms with Crippen LogP contribution in [0.4, 0.5) is 0 Å². The minimum atomic E-state index is -0.366. The summed E-state index contributed by atoms with van der Waals surface area (Å²) in [5.41, 5.74) is 4.65. The van der Waals surface area contributed by atoms with Gasteiger partial charge in [-0.15, -0.1) is 0 Å². The molecule has 6 heteroatoms. The van der Waals surface area contributed by atoms with Gasteiger partial charge in [-0.25, -0.2) is 5.01 Å². The zero-order valence-corrected chi connectivity index (χ0v) is 18.2.